The van der Waals surface area contributed by atoms with E-state index in [1.807, 2.05) is 20.8 Å². The summed E-state index contributed by atoms with van der Waals surface area (Å²) >= 11 is 0. The number of carbonyl (C=O) groups is 1. The summed E-state index contributed by atoms with van der Waals surface area (Å²) in [6.07, 6.45) is -0.455. The van der Waals surface area contributed by atoms with Crippen LogP contribution in [0.1, 0.15) is 40.5 Å². The van der Waals surface area contributed by atoms with Crippen molar-refractivity contribution in [1.82, 2.24) is 0 Å². The van der Waals surface area contributed by atoms with Gasteiger partial charge in [-0.05, 0) is 6.42 Å². The van der Waals surface area contributed by atoms with Crippen molar-refractivity contribution >= 4 is 5.78 Å². The molecule has 0 radical (unpaired) electrons. The third-order valence-corrected chi connectivity index (χ3v) is 1.69. The minimum absolute atomic E-state index is 0.00634. The van der Waals surface area contributed by atoms with Crippen molar-refractivity contribution in [3.05, 3.63) is 0 Å². The van der Waals surface area contributed by atoms with Gasteiger partial charge in [0.15, 0.2) is 0 Å². The molecule has 0 rings (SSSR count). The van der Waals surface area contributed by atoms with Gasteiger partial charge in [-0.2, -0.15) is 0 Å². The lowest BCUT2D eigenvalue weighted by atomic mass is 9.87. The molecule has 2 heteroatoms. The number of carbonyl (C=O) groups excluding carboxylic acids is 1. The van der Waals surface area contributed by atoms with E-state index < -0.39 is 6.17 Å². The Labute approximate surface area is 68.0 Å². The maximum absolute atomic E-state index is 12.7. The summed E-state index contributed by atoms with van der Waals surface area (Å²) in [4.78, 5) is 11.2. The highest BCUT2D eigenvalue weighted by molar-refractivity contribution is 5.83. The molecule has 1 nitrogen and oxygen atoms in total. The molecular formula is C9H17FO. The molecule has 0 heterocycles. The van der Waals surface area contributed by atoms with Crippen molar-refractivity contribution in [3.8, 4) is 0 Å². The number of alkyl halides is 1. The molecule has 66 valence electrons. The molecule has 0 aromatic carbocycles. The van der Waals surface area contributed by atoms with Crippen LogP contribution >= 0.6 is 0 Å². The maximum Gasteiger partial charge on any atom is 0.141 e. The Morgan fingerprint density at radius 1 is 1.45 bits per heavy atom. The van der Waals surface area contributed by atoms with E-state index in [4.69, 9.17) is 0 Å². The zero-order valence-electron chi connectivity index (χ0n) is 7.78. The zero-order valence-corrected chi connectivity index (χ0v) is 7.78. The van der Waals surface area contributed by atoms with Gasteiger partial charge in [0.05, 0.1) is 0 Å². The molecule has 0 saturated carbocycles. The summed E-state index contributed by atoms with van der Waals surface area (Å²) in [5.41, 5.74) is -0.389. The number of ketones is 1. The second-order valence-electron chi connectivity index (χ2n) is 3.88. The van der Waals surface area contributed by atoms with Gasteiger partial charge in [0.2, 0.25) is 0 Å². The van der Waals surface area contributed by atoms with Crippen molar-refractivity contribution < 1.29 is 9.18 Å². The Balaban J connectivity index is 3.88. The molecule has 0 saturated heterocycles. The normalized spacial score (nSPS) is 14.6. The number of Topliss-reactive ketones (excluding diaryl/α,β-unsaturated/α-hetero) is 1. The second-order valence-corrected chi connectivity index (χ2v) is 3.88. The highest BCUT2D eigenvalue weighted by Crippen LogP contribution is 2.19. The predicted octanol–water partition coefficient (Wildman–Crippen LogP) is 2.74. The molecular weight excluding hydrogens is 143 g/mol. The molecule has 11 heavy (non-hydrogen) atoms. The standard InChI is InChI=1S/C9H17FO/c1-5-7(10)6-8(11)9(2,3)4/h7H,5-6H2,1-4H3. The van der Waals surface area contributed by atoms with Gasteiger partial charge in [0.1, 0.15) is 12.0 Å². The van der Waals surface area contributed by atoms with Gasteiger partial charge in [0, 0.05) is 11.8 Å². The van der Waals surface area contributed by atoms with Crippen molar-refractivity contribution in [2.24, 2.45) is 5.41 Å². The van der Waals surface area contributed by atoms with Gasteiger partial charge in [0.25, 0.3) is 0 Å². The first-order chi connectivity index (χ1) is 4.88. The summed E-state index contributed by atoms with van der Waals surface area (Å²) in [7, 11) is 0. The number of rotatable bonds is 3. The number of halogens is 1. The van der Waals surface area contributed by atoms with E-state index in [2.05, 4.69) is 0 Å². The molecule has 0 amide bonds. The number of hydrogen-bond acceptors (Lipinski definition) is 1. The summed E-state index contributed by atoms with van der Waals surface area (Å²) in [6, 6.07) is 0. The van der Waals surface area contributed by atoms with Gasteiger partial charge in [-0.1, -0.05) is 27.7 Å². The third kappa shape index (κ3) is 4.12. The topological polar surface area (TPSA) is 17.1 Å². The first-order valence-corrected chi connectivity index (χ1v) is 4.05. The third-order valence-electron chi connectivity index (χ3n) is 1.69. The van der Waals surface area contributed by atoms with Crippen molar-refractivity contribution in [2.75, 3.05) is 0 Å². The molecule has 0 aliphatic rings. The molecule has 1 unspecified atom stereocenters. The average molecular weight is 160 g/mol. The van der Waals surface area contributed by atoms with E-state index in [1.54, 1.807) is 6.92 Å². The van der Waals surface area contributed by atoms with E-state index >= 15 is 0 Å². The van der Waals surface area contributed by atoms with Gasteiger partial charge < -0.3 is 0 Å². The van der Waals surface area contributed by atoms with Crippen LogP contribution < -0.4 is 0 Å². The quantitative estimate of drug-likeness (QED) is 0.620. The van der Waals surface area contributed by atoms with Crippen LogP contribution in [0.4, 0.5) is 4.39 Å². The van der Waals surface area contributed by atoms with Crippen LogP contribution in [0.5, 0.6) is 0 Å². The van der Waals surface area contributed by atoms with Gasteiger partial charge in [-0.15, -0.1) is 0 Å². The van der Waals surface area contributed by atoms with Gasteiger partial charge in [-0.3, -0.25) is 4.79 Å². The van der Waals surface area contributed by atoms with Crippen LogP contribution in [0.15, 0.2) is 0 Å². The molecule has 0 aromatic heterocycles. The summed E-state index contributed by atoms with van der Waals surface area (Å²) in [6.45, 7) is 7.20. The maximum atomic E-state index is 12.7. The van der Waals surface area contributed by atoms with E-state index in [9.17, 15) is 9.18 Å². The van der Waals surface area contributed by atoms with Crippen LogP contribution in [-0.2, 0) is 4.79 Å². The summed E-state index contributed by atoms with van der Waals surface area (Å²) in [5.74, 6) is 0.00634. The first-order valence-electron chi connectivity index (χ1n) is 4.05. The molecule has 0 bridgehead atoms. The highest BCUT2D eigenvalue weighted by Gasteiger charge is 2.23. The van der Waals surface area contributed by atoms with Crippen LogP contribution in [0, 0.1) is 5.41 Å². The van der Waals surface area contributed by atoms with Crippen molar-refractivity contribution in [2.45, 2.75) is 46.7 Å². The summed E-state index contributed by atoms with van der Waals surface area (Å²) < 4.78 is 12.7. The molecule has 0 aliphatic heterocycles. The van der Waals surface area contributed by atoms with Crippen LogP contribution in [-0.4, -0.2) is 12.0 Å². The minimum atomic E-state index is -0.957. The van der Waals surface area contributed by atoms with E-state index in [-0.39, 0.29) is 17.6 Å². The summed E-state index contributed by atoms with van der Waals surface area (Å²) in [5, 5.41) is 0. The molecule has 1 atom stereocenters. The fourth-order valence-corrected chi connectivity index (χ4v) is 0.652. The lowest BCUT2D eigenvalue weighted by Crippen LogP contribution is -2.23. The first kappa shape index (κ1) is 10.6. The molecule has 0 N–H and O–H groups in total. The smallest absolute Gasteiger partial charge is 0.141 e. The molecule has 0 spiro atoms. The number of hydrogen-bond donors (Lipinski definition) is 0. The van der Waals surface area contributed by atoms with Crippen LogP contribution in [0.25, 0.3) is 0 Å². The van der Waals surface area contributed by atoms with E-state index in [0.29, 0.717) is 6.42 Å². The second kappa shape index (κ2) is 3.84. The zero-order chi connectivity index (χ0) is 9.07. The Hall–Kier alpha value is -0.400. The van der Waals surface area contributed by atoms with E-state index in [0.717, 1.165) is 0 Å². The molecule has 0 aliphatic carbocycles. The predicted molar refractivity (Wildman–Crippen MR) is 44.3 cm³/mol. The highest BCUT2D eigenvalue weighted by atomic mass is 19.1. The Morgan fingerprint density at radius 2 is 1.91 bits per heavy atom. The van der Waals surface area contributed by atoms with Crippen LogP contribution in [0.2, 0.25) is 0 Å². The largest absolute Gasteiger partial charge is 0.299 e. The van der Waals surface area contributed by atoms with E-state index in [1.165, 1.54) is 0 Å². The van der Waals surface area contributed by atoms with Crippen molar-refractivity contribution in [3.63, 3.8) is 0 Å². The van der Waals surface area contributed by atoms with Gasteiger partial charge in [-0.25, -0.2) is 4.39 Å². The lowest BCUT2D eigenvalue weighted by Gasteiger charge is -2.17. The monoisotopic (exact) mass is 160 g/mol. The molecule has 0 fully saturated rings. The SMILES string of the molecule is CCC(F)CC(=O)C(C)(C)C. The van der Waals surface area contributed by atoms with Crippen LogP contribution in [0.3, 0.4) is 0 Å². The Bertz CT molecular complexity index is 135. The molecule has 0 aromatic rings. The minimum Gasteiger partial charge on any atom is -0.299 e. The average Bonchev–Trinajstić information content (AvgIpc) is 1.85. The fourth-order valence-electron chi connectivity index (χ4n) is 0.652. The van der Waals surface area contributed by atoms with Gasteiger partial charge >= 0.3 is 0 Å². The lowest BCUT2D eigenvalue weighted by molar-refractivity contribution is -0.127. The Kier molecular flexibility index (Phi) is 3.70. The fraction of sp³-hybridized carbons (Fsp3) is 0.889. The van der Waals surface area contributed by atoms with Crippen molar-refractivity contribution in [1.29, 1.82) is 0 Å². The Morgan fingerprint density at radius 3 is 2.18 bits per heavy atom.